The molecule has 0 aliphatic carbocycles. The van der Waals surface area contributed by atoms with Gasteiger partial charge in [0, 0.05) is 24.7 Å². The molecule has 0 radical (unpaired) electrons. The smallest absolute Gasteiger partial charge is 0.0971 e. The number of aliphatic hydroxyl groups excluding tert-OH is 1. The SMILES string of the molecule is OC1CCN(Cc2cn(-c3cccc(Cl)c3)nn2)CC1. The molecule has 1 N–H and O–H groups in total. The lowest BCUT2D eigenvalue weighted by molar-refractivity contribution is 0.0786. The molecule has 2 heterocycles. The molecule has 0 unspecified atom stereocenters. The first-order chi connectivity index (χ1) is 9.70. The molecule has 0 atom stereocenters. The minimum Gasteiger partial charge on any atom is -0.393 e. The van der Waals surface area contributed by atoms with E-state index in [0.29, 0.717) is 5.02 Å². The van der Waals surface area contributed by atoms with Gasteiger partial charge in [-0.2, -0.15) is 0 Å². The van der Waals surface area contributed by atoms with Crippen LogP contribution in [0.3, 0.4) is 0 Å². The zero-order valence-corrected chi connectivity index (χ0v) is 11.9. The molecule has 106 valence electrons. The Morgan fingerprint density at radius 2 is 2.10 bits per heavy atom. The van der Waals surface area contributed by atoms with Crippen LogP contribution in [0.4, 0.5) is 0 Å². The molecule has 5 nitrogen and oxygen atoms in total. The maximum Gasteiger partial charge on any atom is 0.0971 e. The minimum atomic E-state index is -0.145. The van der Waals surface area contributed by atoms with Gasteiger partial charge in [0.05, 0.1) is 23.7 Å². The number of likely N-dealkylation sites (tertiary alicyclic amines) is 1. The van der Waals surface area contributed by atoms with Crippen LogP contribution in [0.15, 0.2) is 30.5 Å². The van der Waals surface area contributed by atoms with E-state index in [1.807, 2.05) is 30.5 Å². The second-order valence-corrected chi connectivity index (χ2v) is 5.58. The summed E-state index contributed by atoms with van der Waals surface area (Å²) in [4.78, 5) is 2.29. The van der Waals surface area contributed by atoms with Crippen LogP contribution in [-0.2, 0) is 6.54 Å². The summed E-state index contributed by atoms with van der Waals surface area (Å²) < 4.78 is 1.74. The van der Waals surface area contributed by atoms with Crippen LogP contribution in [0, 0.1) is 0 Å². The number of hydrogen-bond acceptors (Lipinski definition) is 4. The van der Waals surface area contributed by atoms with E-state index in [-0.39, 0.29) is 6.10 Å². The van der Waals surface area contributed by atoms with Gasteiger partial charge in [-0.3, -0.25) is 4.90 Å². The van der Waals surface area contributed by atoms with Crippen molar-refractivity contribution in [2.24, 2.45) is 0 Å². The summed E-state index contributed by atoms with van der Waals surface area (Å²) in [6.07, 6.45) is 3.45. The lowest BCUT2D eigenvalue weighted by atomic mass is 10.1. The third-order valence-electron chi connectivity index (χ3n) is 3.56. The fourth-order valence-corrected chi connectivity index (χ4v) is 2.61. The molecule has 3 rings (SSSR count). The molecule has 1 saturated heterocycles. The fraction of sp³-hybridized carbons (Fsp3) is 0.429. The summed E-state index contributed by atoms with van der Waals surface area (Å²) in [5.41, 5.74) is 1.84. The van der Waals surface area contributed by atoms with Crippen LogP contribution in [0.2, 0.25) is 5.02 Å². The Morgan fingerprint density at radius 1 is 1.30 bits per heavy atom. The van der Waals surface area contributed by atoms with Gasteiger partial charge in [0.15, 0.2) is 0 Å². The van der Waals surface area contributed by atoms with E-state index in [1.165, 1.54) is 0 Å². The van der Waals surface area contributed by atoms with E-state index in [1.54, 1.807) is 4.68 Å². The largest absolute Gasteiger partial charge is 0.393 e. The maximum atomic E-state index is 9.50. The standard InChI is InChI=1S/C14H17ClN4O/c15-11-2-1-3-13(8-11)19-10-12(16-17-19)9-18-6-4-14(20)5-7-18/h1-3,8,10,14,20H,4-7,9H2. The summed E-state index contributed by atoms with van der Waals surface area (Å²) in [6, 6.07) is 7.53. The Labute approximate surface area is 122 Å². The molecule has 0 bridgehead atoms. The lowest BCUT2D eigenvalue weighted by Gasteiger charge is -2.28. The van der Waals surface area contributed by atoms with E-state index in [4.69, 9.17) is 11.6 Å². The molecule has 6 heteroatoms. The van der Waals surface area contributed by atoms with Crippen molar-refractivity contribution in [1.82, 2.24) is 19.9 Å². The maximum absolute atomic E-state index is 9.50. The van der Waals surface area contributed by atoms with Crippen molar-refractivity contribution in [1.29, 1.82) is 0 Å². The lowest BCUT2D eigenvalue weighted by Crippen LogP contribution is -2.35. The number of rotatable bonds is 3. The van der Waals surface area contributed by atoms with Crippen molar-refractivity contribution < 1.29 is 5.11 Å². The highest BCUT2D eigenvalue weighted by atomic mass is 35.5. The number of nitrogens with zero attached hydrogens (tertiary/aromatic N) is 4. The molecule has 1 aliphatic heterocycles. The Kier molecular flexibility index (Phi) is 4.00. The molecule has 1 aliphatic rings. The number of aliphatic hydroxyl groups is 1. The fourth-order valence-electron chi connectivity index (χ4n) is 2.42. The van der Waals surface area contributed by atoms with Gasteiger partial charge in [0.25, 0.3) is 0 Å². The average Bonchev–Trinajstić information content (AvgIpc) is 2.90. The van der Waals surface area contributed by atoms with E-state index in [0.717, 1.165) is 43.9 Å². The summed E-state index contributed by atoms with van der Waals surface area (Å²) >= 11 is 5.98. The Hall–Kier alpha value is -1.43. The van der Waals surface area contributed by atoms with Crippen molar-refractivity contribution in [3.63, 3.8) is 0 Å². The Bertz CT molecular complexity index is 578. The number of benzene rings is 1. The molecule has 1 fully saturated rings. The topological polar surface area (TPSA) is 54.2 Å². The zero-order valence-electron chi connectivity index (χ0n) is 11.1. The monoisotopic (exact) mass is 292 g/mol. The summed E-state index contributed by atoms with van der Waals surface area (Å²) in [5, 5.41) is 18.5. The van der Waals surface area contributed by atoms with Gasteiger partial charge in [-0.1, -0.05) is 22.9 Å². The van der Waals surface area contributed by atoms with Gasteiger partial charge < -0.3 is 5.11 Å². The molecule has 1 aromatic carbocycles. The van der Waals surface area contributed by atoms with E-state index in [9.17, 15) is 5.11 Å². The quantitative estimate of drug-likeness (QED) is 0.938. The highest BCUT2D eigenvalue weighted by Crippen LogP contribution is 2.16. The zero-order chi connectivity index (χ0) is 13.9. The van der Waals surface area contributed by atoms with E-state index >= 15 is 0 Å². The average molecular weight is 293 g/mol. The van der Waals surface area contributed by atoms with E-state index < -0.39 is 0 Å². The number of halogens is 1. The minimum absolute atomic E-state index is 0.145. The third-order valence-corrected chi connectivity index (χ3v) is 3.79. The third kappa shape index (κ3) is 3.17. The van der Waals surface area contributed by atoms with Gasteiger partial charge in [0.2, 0.25) is 0 Å². The van der Waals surface area contributed by atoms with E-state index in [2.05, 4.69) is 15.2 Å². The first-order valence-corrected chi connectivity index (χ1v) is 7.16. The second kappa shape index (κ2) is 5.91. The van der Waals surface area contributed by atoms with Crippen molar-refractivity contribution >= 4 is 11.6 Å². The van der Waals surface area contributed by atoms with Crippen LogP contribution < -0.4 is 0 Å². The van der Waals surface area contributed by atoms with Crippen LogP contribution in [-0.4, -0.2) is 44.2 Å². The summed E-state index contributed by atoms with van der Waals surface area (Å²) in [7, 11) is 0. The predicted molar refractivity (Wildman–Crippen MR) is 76.9 cm³/mol. The predicted octanol–water partition coefficient (Wildman–Crippen LogP) is 1.88. The molecule has 2 aromatic rings. The van der Waals surface area contributed by atoms with Gasteiger partial charge in [0.1, 0.15) is 0 Å². The van der Waals surface area contributed by atoms with Gasteiger partial charge >= 0.3 is 0 Å². The van der Waals surface area contributed by atoms with Gasteiger partial charge in [-0.15, -0.1) is 5.10 Å². The van der Waals surface area contributed by atoms with Crippen molar-refractivity contribution in [2.75, 3.05) is 13.1 Å². The molecule has 0 amide bonds. The van der Waals surface area contributed by atoms with Crippen molar-refractivity contribution in [3.8, 4) is 5.69 Å². The summed E-state index contributed by atoms with van der Waals surface area (Å²) in [6.45, 7) is 2.59. The van der Waals surface area contributed by atoms with Crippen molar-refractivity contribution in [2.45, 2.75) is 25.5 Å². The molecule has 0 spiro atoms. The molecular formula is C14H17ClN4O. The summed E-state index contributed by atoms with van der Waals surface area (Å²) in [5.74, 6) is 0. The van der Waals surface area contributed by atoms with Gasteiger partial charge in [-0.05, 0) is 31.0 Å². The van der Waals surface area contributed by atoms with Gasteiger partial charge in [-0.25, -0.2) is 4.68 Å². The molecule has 1 aromatic heterocycles. The molecule has 0 saturated carbocycles. The van der Waals surface area contributed by atoms with Crippen LogP contribution in [0.25, 0.3) is 5.69 Å². The highest BCUT2D eigenvalue weighted by Gasteiger charge is 2.18. The Morgan fingerprint density at radius 3 is 2.85 bits per heavy atom. The second-order valence-electron chi connectivity index (χ2n) is 5.14. The van der Waals surface area contributed by atoms with Crippen LogP contribution in [0.5, 0.6) is 0 Å². The first-order valence-electron chi connectivity index (χ1n) is 6.78. The Balaban J connectivity index is 1.68. The van der Waals surface area contributed by atoms with Crippen LogP contribution >= 0.6 is 11.6 Å². The van der Waals surface area contributed by atoms with Crippen LogP contribution in [0.1, 0.15) is 18.5 Å². The van der Waals surface area contributed by atoms with Crippen molar-refractivity contribution in [3.05, 3.63) is 41.2 Å². The normalized spacial score (nSPS) is 17.5. The highest BCUT2D eigenvalue weighted by molar-refractivity contribution is 6.30. The number of hydrogen-bond donors (Lipinski definition) is 1. The number of piperidine rings is 1. The first kappa shape index (κ1) is 13.5. The molecule has 20 heavy (non-hydrogen) atoms. The number of aromatic nitrogens is 3. The molecular weight excluding hydrogens is 276 g/mol.